The Hall–Kier alpha value is -1.37. The second kappa shape index (κ2) is 6.26. The molecule has 1 rings (SSSR count). The molecule has 0 aliphatic carbocycles. The monoisotopic (exact) mass is 217 g/mol. The smallest absolute Gasteiger partial charge is 0.0991 e. The molecule has 86 valence electrons. The second-order valence-electron chi connectivity index (χ2n) is 4.36. The molecule has 0 aliphatic rings. The summed E-state index contributed by atoms with van der Waals surface area (Å²) in [6.45, 7) is 3.98. The van der Waals surface area contributed by atoms with Crippen LogP contribution >= 0.6 is 0 Å². The van der Waals surface area contributed by atoms with Crippen LogP contribution in [0.3, 0.4) is 0 Å². The zero-order chi connectivity index (χ0) is 12.0. The van der Waals surface area contributed by atoms with E-state index >= 15 is 0 Å². The van der Waals surface area contributed by atoms with Gasteiger partial charge in [-0.05, 0) is 38.7 Å². The molecule has 0 spiro atoms. The van der Waals surface area contributed by atoms with Crippen molar-refractivity contribution in [3.05, 3.63) is 35.4 Å². The average Bonchev–Trinajstić information content (AvgIpc) is 2.26. The summed E-state index contributed by atoms with van der Waals surface area (Å²) in [7, 11) is 4.13. The molecule has 1 unspecified atom stereocenters. The van der Waals surface area contributed by atoms with E-state index in [0.717, 1.165) is 24.2 Å². The van der Waals surface area contributed by atoms with Crippen LogP contribution in [-0.2, 0) is 6.54 Å². The summed E-state index contributed by atoms with van der Waals surface area (Å²) in [5, 5.41) is 12.2. The quantitative estimate of drug-likeness (QED) is 0.814. The first-order valence-electron chi connectivity index (χ1n) is 5.49. The van der Waals surface area contributed by atoms with Crippen molar-refractivity contribution in [1.82, 2.24) is 10.2 Å². The first kappa shape index (κ1) is 12.7. The Morgan fingerprint density at radius 2 is 2.19 bits per heavy atom. The molecule has 1 aromatic rings. The predicted molar refractivity (Wildman–Crippen MR) is 66.0 cm³/mol. The number of hydrogen-bond acceptors (Lipinski definition) is 3. The number of benzene rings is 1. The van der Waals surface area contributed by atoms with Crippen molar-refractivity contribution >= 4 is 0 Å². The molecular formula is C13H19N3. The van der Waals surface area contributed by atoms with Gasteiger partial charge in [-0.2, -0.15) is 5.26 Å². The van der Waals surface area contributed by atoms with Crippen molar-refractivity contribution in [2.75, 3.05) is 20.6 Å². The van der Waals surface area contributed by atoms with E-state index in [9.17, 15) is 0 Å². The van der Waals surface area contributed by atoms with Gasteiger partial charge in [0.2, 0.25) is 0 Å². The third-order valence-electron chi connectivity index (χ3n) is 2.35. The minimum Gasteiger partial charge on any atom is -0.309 e. The van der Waals surface area contributed by atoms with Crippen molar-refractivity contribution in [3.8, 4) is 6.07 Å². The lowest BCUT2D eigenvalue weighted by molar-refractivity contribution is 0.349. The van der Waals surface area contributed by atoms with Crippen LogP contribution in [-0.4, -0.2) is 31.6 Å². The molecule has 0 aromatic heterocycles. The van der Waals surface area contributed by atoms with E-state index in [-0.39, 0.29) is 0 Å². The molecule has 0 saturated carbocycles. The highest BCUT2D eigenvalue weighted by molar-refractivity contribution is 5.32. The van der Waals surface area contributed by atoms with Gasteiger partial charge in [0.15, 0.2) is 0 Å². The van der Waals surface area contributed by atoms with Crippen LogP contribution in [0.5, 0.6) is 0 Å². The van der Waals surface area contributed by atoms with Gasteiger partial charge in [-0.3, -0.25) is 0 Å². The average molecular weight is 217 g/mol. The summed E-state index contributed by atoms with van der Waals surface area (Å²) in [4.78, 5) is 2.16. The molecule has 0 saturated heterocycles. The molecule has 0 amide bonds. The molecule has 0 fully saturated rings. The maximum atomic E-state index is 8.78. The lowest BCUT2D eigenvalue weighted by Gasteiger charge is -2.18. The summed E-state index contributed by atoms with van der Waals surface area (Å²) in [6.07, 6.45) is 0. The van der Waals surface area contributed by atoms with Crippen LogP contribution in [0.25, 0.3) is 0 Å². The number of rotatable bonds is 5. The Kier molecular flexibility index (Phi) is 4.97. The van der Waals surface area contributed by atoms with Gasteiger partial charge >= 0.3 is 0 Å². The molecule has 0 aliphatic heterocycles. The number of nitrogens with zero attached hydrogens (tertiary/aromatic N) is 2. The Morgan fingerprint density at radius 3 is 2.81 bits per heavy atom. The normalized spacial score (nSPS) is 12.4. The summed E-state index contributed by atoms with van der Waals surface area (Å²) >= 11 is 0. The minimum atomic E-state index is 0.445. The number of hydrogen-bond donors (Lipinski definition) is 1. The lowest BCUT2D eigenvalue weighted by atomic mass is 10.1. The van der Waals surface area contributed by atoms with Gasteiger partial charge < -0.3 is 10.2 Å². The maximum absolute atomic E-state index is 8.78. The second-order valence-corrected chi connectivity index (χ2v) is 4.36. The van der Waals surface area contributed by atoms with Crippen LogP contribution in [0.15, 0.2) is 24.3 Å². The van der Waals surface area contributed by atoms with E-state index in [1.165, 1.54) is 0 Å². The van der Waals surface area contributed by atoms with E-state index < -0.39 is 0 Å². The molecule has 0 heterocycles. The summed E-state index contributed by atoms with van der Waals surface area (Å²) < 4.78 is 0. The highest BCUT2D eigenvalue weighted by Gasteiger charge is 2.02. The molecule has 16 heavy (non-hydrogen) atoms. The fourth-order valence-electron chi connectivity index (χ4n) is 1.66. The van der Waals surface area contributed by atoms with Crippen molar-refractivity contribution in [2.24, 2.45) is 0 Å². The number of nitrogens with one attached hydrogen (secondary N) is 1. The van der Waals surface area contributed by atoms with Gasteiger partial charge in [0.1, 0.15) is 0 Å². The lowest BCUT2D eigenvalue weighted by Crippen LogP contribution is -2.35. The fraction of sp³-hybridized carbons (Fsp3) is 0.462. The van der Waals surface area contributed by atoms with E-state index in [4.69, 9.17) is 5.26 Å². The first-order valence-corrected chi connectivity index (χ1v) is 5.49. The highest BCUT2D eigenvalue weighted by Crippen LogP contribution is 2.04. The number of nitriles is 1. The molecule has 1 aromatic carbocycles. The minimum absolute atomic E-state index is 0.445. The van der Waals surface area contributed by atoms with Gasteiger partial charge in [0.05, 0.1) is 11.6 Å². The SMILES string of the molecule is CC(CN(C)C)NCc1cccc(C#N)c1. The highest BCUT2D eigenvalue weighted by atomic mass is 15.1. The van der Waals surface area contributed by atoms with Gasteiger partial charge in [-0.1, -0.05) is 12.1 Å². The Labute approximate surface area is 97.7 Å². The van der Waals surface area contributed by atoms with Crippen molar-refractivity contribution in [2.45, 2.75) is 19.5 Å². The molecule has 1 atom stereocenters. The summed E-state index contributed by atoms with van der Waals surface area (Å²) in [5.74, 6) is 0. The number of likely N-dealkylation sites (N-methyl/N-ethyl adjacent to an activating group) is 1. The Morgan fingerprint density at radius 1 is 1.44 bits per heavy atom. The third-order valence-corrected chi connectivity index (χ3v) is 2.35. The zero-order valence-electron chi connectivity index (χ0n) is 10.2. The van der Waals surface area contributed by atoms with Crippen molar-refractivity contribution in [1.29, 1.82) is 5.26 Å². The molecule has 0 bridgehead atoms. The van der Waals surface area contributed by atoms with Gasteiger partial charge in [0, 0.05) is 19.1 Å². The first-order chi connectivity index (χ1) is 7.61. The van der Waals surface area contributed by atoms with Crippen LogP contribution < -0.4 is 5.32 Å². The molecule has 3 nitrogen and oxygen atoms in total. The molecule has 1 N–H and O–H groups in total. The predicted octanol–water partition coefficient (Wildman–Crippen LogP) is 1.60. The summed E-state index contributed by atoms with van der Waals surface area (Å²) in [6, 6.07) is 10.3. The van der Waals surface area contributed by atoms with Gasteiger partial charge in [-0.15, -0.1) is 0 Å². The standard InChI is InChI=1S/C13H19N3/c1-11(10-16(2)3)15-9-13-6-4-5-12(7-13)8-14/h4-7,11,15H,9-10H2,1-3H3. The maximum Gasteiger partial charge on any atom is 0.0991 e. The third kappa shape index (κ3) is 4.43. The van der Waals surface area contributed by atoms with Crippen molar-refractivity contribution in [3.63, 3.8) is 0 Å². The summed E-state index contributed by atoms with van der Waals surface area (Å²) in [5.41, 5.74) is 1.88. The van der Waals surface area contributed by atoms with E-state index in [1.807, 2.05) is 24.3 Å². The van der Waals surface area contributed by atoms with Crippen molar-refractivity contribution < 1.29 is 0 Å². The largest absolute Gasteiger partial charge is 0.309 e. The topological polar surface area (TPSA) is 39.1 Å². The van der Waals surface area contributed by atoms with Crippen LogP contribution in [0, 0.1) is 11.3 Å². The Balaban J connectivity index is 2.45. The zero-order valence-corrected chi connectivity index (χ0v) is 10.2. The Bertz CT molecular complexity index is 366. The van der Waals surface area contributed by atoms with Crippen LogP contribution in [0.1, 0.15) is 18.1 Å². The molecular weight excluding hydrogens is 198 g/mol. The van der Waals surface area contributed by atoms with Gasteiger partial charge in [0.25, 0.3) is 0 Å². The van der Waals surface area contributed by atoms with Crippen LogP contribution in [0.2, 0.25) is 0 Å². The molecule has 3 heteroatoms. The van der Waals surface area contributed by atoms with E-state index in [2.05, 4.69) is 37.3 Å². The fourth-order valence-corrected chi connectivity index (χ4v) is 1.66. The van der Waals surface area contributed by atoms with Crippen LogP contribution in [0.4, 0.5) is 0 Å². The van der Waals surface area contributed by atoms with Gasteiger partial charge in [-0.25, -0.2) is 0 Å². The van der Waals surface area contributed by atoms with E-state index in [1.54, 1.807) is 0 Å². The molecule has 0 radical (unpaired) electrons. The van der Waals surface area contributed by atoms with E-state index in [0.29, 0.717) is 6.04 Å².